The number of nitrogens with zero attached hydrogens (tertiary/aromatic N) is 3. The van der Waals surface area contributed by atoms with Gasteiger partial charge in [0.2, 0.25) is 0 Å². The molecule has 0 radical (unpaired) electrons. The van der Waals surface area contributed by atoms with E-state index in [2.05, 4.69) is 38.9 Å². The summed E-state index contributed by atoms with van der Waals surface area (Å²) in [6, 6.07) is 0.457. The Morgan fingerprint density at radius 1 is 1.32 bits per heavy atom. The van der Waals surface area contributed by atoms with Crippen molar-refractivity contribution in [3.63, 3.8) is 0 Å². The fraction of sp³-hybridized carbons (Fsp3) is 0.647. The third kappa shape index (κ3) is 3.40. The van der Waals surface area contributed by atoms with Gasteiger partial charge in [-0.15, -0.1) is 0 Å². The molecule has 5 nitrogen and oxygen atoms in total. The summed E-state index contributed by atoms with van der Waals surface area (Å²) < 4.78 is 0. The van der Waals surface area contributed by atoms with E-state index >= 15 is 0 Å². The van der Waals surface area contributed by atoms with E-state index in [9.17, 15) is 0 Å². The Morgan fingerprint density at radius 2 is 2.23 bits per heavy atom. The summed E-state index contributed by atoms with van der Waals surface area (Å²) in [7, 11) is 0. The van der Waals surface area contributed by atoms with E-state index in [1.807, 2.05) is 12.4 Å². The van der Waals surface area contributed by atoms with Crippen LogP contribution in [0.4, 0.5) is 0 Å². The van der Waals surface area contributed by atoms with Crippen LogP contribution in [-0.2, 0) is 13.0 Å². The molecule has 0 amide bonds. The highest BCUT2D eigenvalue weighted by Crippen LogP contribution is 2.32. The van der Waals surface area contributed by atoms with E-state index in [0.717, 1.165) is 25.3 Å². The largest absolute Gasteiger partial charge is 0.345 e. The molecule has 3 heterocycles. The molecule has 0 saturated carbocycles. The smallest absolute Gasteiger partial charge is 0.106 e. The molecule has 3 rings (SSSR count). The second-order valence-electron chi connectivity index (χ2n) is 6.41. The predicted octanol–water partition coefficient (Wildman–Crippen LogP) is 3.51. The van der Waals surface area contributed by atoms with Crippen molar-refractivity contribution in [3.8, 4) is 0 Å². The van der Waals surface area contributed by atoms with Gasteiger partial charge in [0.25, 0.3) is 0 Å². The lowest BCUT2D eigenvalue weighted by molar-refractivity contribution is 0.135. The van der Waals surface area contributed by atoms with E-state index in [1.54, 1.807) is 0 Å². The van der Waals surface area contributed by atoms with Crippen LogP contribution in [0.5, 0.6) is 0 Å². The van der Waals surface area contributed by atoms with Gasteiger partial charge in [0.1, 0.15) is 5.82 Å². The lowest BCUT2D eigenvalue weighted by atomic mass is 9.97. The average molecular weight is 301 g/mol. The number of nitrogens with one attached hydrogen (secondary N) is 2. The van der Waals surface area contributed by atoms with Gasteiger partial charge in [0.15, 0.2) is 0 Å². The first-order valence-electron chi connectivity index (χ1n) is 8.54. The Labute approximate surface area is 132 Å². The standard InChI is InChI=1S/C17H27N5/c1-3-4-8-16-18-11-14(20-16)12-22-9-6-5-7-15(22)17-13(2)10-19-21-17/h10-11,15H,3-9,12H2,1-2H3,(H,18,20)(H,19,21)/t15-/m1/s1. The van der Waals surface area contributed by atoms with Gasteiger partial charge in [0, 0.05) is 24.9 Å². The molecule has 0 unspecified atom stereocenters. The summed E-state index contributed by atoms with van der Waals surface area (Å²) in [5, 5.41) is 7.41. The van der Waals surface area contributed by atoms with Crippen molar-refractivity contribution < 1.29 is 0 Å². The molecule has 0 bridgehead atoms. The van der Waals surface area contributed by atoms with Gasteiger partial charge in [0.05, 0.1) is 17.9 Å². The maximum absolute atomic E-state index is 4.52. The van der Waals surface area contributed by atoms with E-state index in [4.69, 9.17) is 0 Å². The number of imidazole rings is 1. The molecule has 1 aliphatic heterocycles. The molecule has 22 heavy (non-hydrogen) atoms. The van der Waals surface area contributed by atoms with Crippen molar-refractivity contribution in [1.82, 2.24) is 25.1 Å². The average Bonchev–Trinajstić information content (AvgIpc) is 3.15. The van der Waals surface area contributed by atoms with Crippen molar-refractivity contribution >= 4 is 0 Å². The molecule has 5 heteroatoms. The van der Waals surface area contributed by atoms with Crippen molar-refractivity contribution in [2.45, 2.75) is 65.0 Å². The fourth-order valence-corrected chi connectivity index (χ4v) is 3.38. The van der Waals surface area contributed by atoms with Crippen LogP contribution in [0.2, 0.25) is 0 Å². The van der Waals surface area contributed by atoms with Gasteiger partial charge in [-0.3, -0.25) is 10.00 Å². The quantitative estimate of drug-likeness (QED) is 0.858. The molecule has 120 valence electrons. The van der Waals surface area contributed by atoms with Crippen LogP contribution in [-0.4, -0.2) is 31.6 Å². The zero-order valence-electron chi connectivity index (χ0n) is 13.7. The van der Waals surface area contributed by atoms with Gasteiger partial charge >= 0.3 is 0 Å². The van der Waals surface area contributed by atoms with Crippen LogP contribution >= 0.6 is 0 Å². The topological polar surface area (TPSA) is 60.6 Å². The van der Waals surface area contributed by atoms with Gasteiger partial charge in [-0.05, 0) is 38.3 Å². The number of rotatable bonds is 6. The van der Waals surface area contributed by atoms with Crippen molar-refractivity contribution in [2.75, 3.05) is 6.54 Å². The van der Waals surface area contributed by atoms with Crippen LogP contribution in [0, 0.1) is 6.92 Å². The lowest BCUT2D eigenvalue weighted by Gasteiger charge is -2.35. The molecule has 2 aromatic heterocycles. The number of H-pyrrole nitrogens is 2. The second-order valence-corrected chi connectivity index (χ2v) is 6.41. The summed E-state index contributed by atoms with van der Waals surface area (Å²) in [4.78, 5) is 10.6. The van der Waals surface area contributed by atoms with Gasteiger partial charge in [-0.1, -0.05) is 19.8 Å². The van der Waals surface area contributed by atoms with E-state index in [-0.39, 0.29) is 0 Å². The van der Waals surface area contributed by atoms with Gasteiger partial charge in [-0.2, -0.15) is 5.10 Å². The molecule has 0 spiro atoms. The van der Waals surface area contributed by atoms with Crippen molar-refractivity contribution in [2.24, 2.45) is 0 Å². The summed E-state index contributed by atoms with van der Waals surface area (Å²) in [6.45, 7) is 6.45. The molecule has 2 aromatic rings. The first-order chi connectivity index (χ1) is 10.8. The number of hydrogen-bond acceptors (Lipinski definition) is 3. The van der Waals surface area contributed by atoms with Crippen LogP contribution in [0.15, 0.2) is 12.4 Å². The van der Waals surface area contributed by atoms with Crippen molar-refractivity contribution in [1.29, 1.82) is 0 Å². The van der Waals surface area contributed by atoms with Crippen LogP contribution in [0.1, 0.15) is 67.8 Å². The monoisotopic (exact) mass is 301 g/mol. The third-order valence-corrected chi connectivity index (χ3v) is 4.64. The number of aryl methyl sites for hydroxylation is 2. The molecule has 1 aliphatic rings. The normalized spacial score (nSPS) is 19.6. The number of unbranched alkanes of at least 4 members (excludes halogenated alkanes) is 1. The molecule has 0 aromatic carbocycles. The Kier molecular flexibility index (Phi) is 4.93. The number of likely N-dealkylation sites (tertiary alicyclic amines) is 1. The van der Waals surface area contributed by atoms with Crippen LogP contribution in [0.3, 0.4) is 0 Å². The Morgan fingerprint density at radius 3 is 3.00 bits per heavy atom. The number of aromatic amines is 2. The molecule has 1 saturated heterocycles. The van der Waals surface area contributed by atoms with Crippen LogP contribution in [0.25, 0.3) is 0 Å². The molecule has 0 aliphatic carbocycles. The SMILES string of the molecule is CCCCc1ncc(CN2CCCC[C@@H]2c2[nH]ncc2C)[nH]1. The zero-order valence-corrected chi connectivity index (χ0v) is 13.7. The Bertz CT molecular complexity index is 585. The minimum absolute atomic E-state index is 0.457. The predicted molar refractivity (Wildman–Crippen MR) is 87.5 cm³/mol. The minimum atomic E-state index is 0.457. The summed E-state index contributed by atoms with van der Waals surface area (Å²) >= 11 is 0. The number of aromatic nitrogens is 4. The molecule has 2 N–H and O–H groups in total. The second kappa shape index (κ2) is 7.09. The highest BCUT2D eigenvalue weighted by atomic mass is 15.2. The Hall–Kier alpha value is -1.62. The number of hydrogen-bond donors (Lipinski definition) is 2. The van der Waals surface area contributed by atoms with Gasteiger partial charge in [-0.25, -0.2) is 4.98 Å². The fourth-order valence-electron chi connectivity index (χ4n) is 3.38. The molecule has 1 atom stereocenters. The van der Waals surface area contributed by atoms with E-state index in [0.29, 0.717) is 6.04 Å². The van der Waals surface area contributed by atoms with E-state index in [1.165, 1.54) is 49.1 Å². The van der Waals surface area contributed by atoms with Gasteiger partial charge < -0.3 is 4.98 Å². The molecular formula is C17H27N5. The number of piperidine rings is 1. The highest BCUT2D eigenvalue weighted by Gasteiger charge is 2.26. The third-order valence-electron chi connectivity index (χ3n) is 4.64. The van der Waals surface area contributed by atoms with Crippen molar-refractivity contribution in [3.05, 3.63) is 35.2 Å². The lowest BCUT2D eigenvalue weighted by Crippen LogP contribution is -2.33. The Balaban J connectivity index is 1.69. The van der Waals surface area contributed by atoms with E-state index < -0.39 is 0 Å². The summed E-state index contributed by atoms with van der Waals surface area (Å²) in [5.74, 6) is 1.13. The molecule has 1 fully saturated rings. The zero-order chi connectivity index (χ0) is 15.4. The van der Waals surface area contributed by atoms with Crippen LogP contribution < -0.4 is 0 Å². The minimum Gasteiger partial charge on any atom is -0.345 e. The summed E-state index contributed by atoms with van der Waals surface area (Å²) in [6.07, 6.45) is 11.2. The first-order valence-corrected chi connectivity index (χ1v) is 8.54. The summed E-state index contributed by atoms with van der Waals surface area (Å²) in [5.41, 5.74) is 3.78. The maximum atomic E-state index is 4.52. The maximum Gasteiger partial charge on any atom is 0.106 e. The first kappa shape index (κ1) is 15.3. The highest BCUT2D eigenvalue weighted by molar-refractivity contribution is 5.19. The molecular weight excluding hydrogens is 274 g/mol.